The van der Waals surface area contributed by atoms with Crippen LogP contribution in [0.2, 0.25) is 0 Å². The molecular formula is C20H22N2O3. The molecule has 0 bridgehead atoms. The Morgan fingerprint density at radius 3 is 2.32 bits per heavy atom. The number of amides is 2. The molecule has 3 rings (SSSR count). The second-order valence-corrected chi connectivity index (χ2v) is 6.12. The first-order chi connectivity index (χ1) is 12.1. The van der Waals surface area contributed by atoms with Crippen molar-refractivity contribution >= 4 is 23.2 Å². The van der Waals surface area contributed by atoms with Gasteiger partial charge >= 0.3 is 0 Å². The van der Waals surface area contributed by atoms with Crippen molar-refractivity contribution < 1.29 is 14.3 Å². The lowest BCUT2D eigenvalue weighted by Gasteiger charge is -2.26. The number of methoxy groups -OCH3 is 1. The zero-order valence-electron chi connectivity index (χ0n) is 14.5. The summed E-state index contributed by atoms with van der Waals surface area (Å²) in [6.45, 7) is 2.44. The molecule has 1 N–H and O–H groups in total. The summed E-state index contributed by atoms with van der Waals surface area (Å²) in [5.41, 5.74) is 0.412. The third kappa shape index (κ3) is 3.22. The van der Waals surface area contributed by atoms with Gasteiger partial charge < -0.3 is 15.0 Å². The summed E-state index contributed by atoms with van der Waals surface area (Å²) in [4.78, 5) is 27.6. The number of rotatable bonds is 6. The molecule has 5 nitrogen and oxygen atoms in total. The fraction of sp³-hybridized carbons (Fsp3) is 0.300. The maximum Gasteiger partial charge on any atom is 0.242 e. The SMILES string of the molecule is CCN(C(=O)C1(C(=O)Nc2ccccc2OC)CC1)c1ccccc1. The number of nitrogens with zero attached hydrogens (tertiary/aromatic N) is 1. The predicted molar refractivity (Wildman–Crippen MR) is 97.8 cm³/mol. The molecular weight excluding hydrogens is 316 g/mol. The lowest BCUT2D eigenvalue weighted by Crippen LogP contribution is -2.43. The first-order valence-electron chi connectivity index (χ1n) is 8.44. The van der Waals surface area contributed by atoms with Gasteiger partial charge in [-0.2, -0.15) is 0 Å². The second-order valence-electron chi connectivity index (χ2n) is 6.12. The Balaban J connectivity index is 1.81. The van der Waals surface area contributed by atoms with E-state index in [0.29, 0.717) is 30.8 Å². The van der Waals surface area contributed by atoms with Crippen molar-refractivity contribution in [3.63, 3.8) is 0 Å². The van der Waals surface area contributed by atoms with Crippen LogP contribution in [0.3, 0.4) is 0 Å². The van der Waals surface area contributed by atoms with E-state index in [1.54, 1.807) is 24.1 Å². The van der Waals surface area contributed by atoms with E-state index < -0.39 is 5.41 Å². The number of nitrogens with one attached hydrogen (secondary N) is 1. The molecule has 0 aromatic heterocycles. The lowest BCUT2D eigenvalue weighted by atomic mass is 10.0. The summed E-state index contributed by atoms with van der Waals surface area (Å²) >= 11 is 0. The number of carbonyl (C=O) groups excluding carboxylic acids is 2. The van der Waals surface area contributed by atoms with E-state index in [-0.39, 0.29) is 11.8 Å². The zero-order valence-corrected chi connectivity index (χ0v) is 14.5. The average Bonchev–Trinajstić information content (AvgIpc) is 3.45. The molecule has 0 heterocycles. The molecule has 5 heteroatoms. The largest absolute Gasteiger partial charge is 0.495 e. The van der Waals surface area contributed by atoms with Crippen molar-refractivity contribution in [2.24, 2.45) is 5.41 Å². The van der Waals surface area contributed by atoms with Crippen molar-refractivity contribution in [3.05, 3.63) is 54.6 Å². The van der Waals surface area contributed by atoms with E-state index in [1.165, 1.54) is 0 Å². The molecule has 1 saturated carbocycles. The van der Waals surface area contributed by atoms with Crippen molar-refractivity contribution in [3.8, 4) is 5.75 Å². The Morgan fingerprint density at radius 1 is 1.08 bits per heavy atom. The molecule has 2 aromatic carbocycles. The van der Waals surface area contributed by atoms with E-state index in [4.69, 9.17) is 4.74 Å². The van der Waals surface area contributed by atoms with E-state index in [1.807, 2.05) is 49.4 Å². The van der Waals surface area contributed by atoms with Crippen LogP contribution in [0.5, 0.6) is 5.75 Å². The summed E-state index contributed by atoms with van der Waals surface area (Å²) in [6.07, 6.45) is 1.13. The number of benzene rings is 2. The van der Waals surface area contributed by atoms with Crippen LogP contribution in [-0.4, -0.2) is 25.5 Å². The van der Waals surface area contributed by atoms with Crippen LogP contribution in [0.25, 0.3) is 0 Å². The highest BCUT2D eigenvalue weighted by atomic mass is 16.5. The molecule has 0 saturated heterocycles. The number of hydrogen-bond acceptors (Lipinski definition) is 3. The van der Waals surface area contributed by atoms with Gasteiger partial charge in [0.15, 0.2) is 0 Å². The van der Waals surface area contributed by atoms with Crippen molar-refractivity contribution in [2.75, 3.05) is 23.9 Å². The van der Waals surface area contributed by atoms with Gasteiger partial charge in [0.05, 0.1) is 12.8 Å². The highest BCUT2D eigenvalue weighted by molar-refractivity contribution is 6.17. The Labute approximate surface area is 147 Å². The Bertz CT molecular complexity index is 770. The van der Waals surface area contributed by atoms with Crippen LogP contribution in [0.1, 0.15) is 19.8 Å². The van der Waals surface area contributed by atoms with E-state index in [0.717, 1.165) is 5.69 Å². The highest BCUT2D eigenvalue weighted by Gasteiger charge is 2.58. The van der Waals surface area contributed by atoms with Crippen LogP contribution in [0, 0.1) is 5.41 Å². The van der Waals surface area contributed by atoms with Gasteiger partial charge in [-0.25, -0.2) is 0 Å². The first-order valence-corrected chi connectivity index (χ1v) is 8.44. The molecule has 2 amide bonds. The van der Waals surface area contributed by atoms with Crippen molar-refractivity contribution in [1.29, 1.82) is 0 Å². The third-order valence-corrected chi connectivity index (χ3v) is 4.58. The molecule has 1 aliphatic carbocycles. The standard InChI is InChI=1S/C20H22N2O3/c1-3-22(15-9-5-4-6-10-15)19(24)20(13-14-20)18(23)21-16-11-7-8-12-17(16)25-2/h4-12H,3,13-14H2,1-2H3,(H,21,23). The summed E-state index contributed by atoms with van der Waals surface area (Å²) in [5, 5.41) is 2.86. The van der Waals surface area contributed by atoms with Crippen LogP contribution >= 0.6 is 0 Å². The molecule has 0 atom stereocenters. The maximum atomic E-state index is 13.1. The van der Waals surface area contributed by atoms with Gasteiger partial charge in [-0.05, 0) is 44.0 Å². The topological polar surface area (TPSA) is 58.6 Å². The predicted octanol–water partition coefficient (Wildman–Crippen LogP) is 3.47. The van der Waals surface area contributed by atoms with Crippen LogP contribution < -0.4 is 15.0 Å². The summed E-state index contributed by atoms with van der Waals surface area (Å²) in [7, 11) is 1.55. The molecule has 0 aliphatic heterocycles. The van der Waals surface area contributed by atoms with Gasteiger partial charge in [0.25, 0.3) is 0 Å². The highest BCUT2D eigenvalue weighted by Crippen LogP contribution is 2.49. The maximum absolute atomic E-state index is 13.1. The van der Waals surface area contributed by atoms with Gasteiger partial charge in [-0.1, -0.05) is 30.3 Å². The number of anilines is 2. The molecule has 0 unspecified atom stereocenters. The minimum Gasteiger partial charge on any atom is -0.495 e. The number of ether oxygens (including phenoxy) is 1. The third-order valence-electron chi connectivity index (χ3n) is 4.58. The molecule has 1 fully saturated rings. The molecule has 0 spiro atoms. The van der Waals surface area contributed by atoms with Crippen molar-refractivity contribution in [2.45, 2.75) is 19.8 Å². The van der Waals surface area contributed by atoms with E-state index >= 15 is 0 Å². The molecule has 1 aliphatic rings. The normalized spacial score (nSPS) is 14.5. The Kier molecular flexibility index (Phi) is 4.74. The number of para-hydroxylation sites is 3. The fourth-order valence-corrected chi connectivity index (χ4v) is 2.96. The quantitative estimate of drug-likeness (QED) is 0.821. The number of carbonyl (C=O) groups is 2. The molecule has 2 aromatic rings. The molecule has 25 heavy (non-hydrogen) atoms. The lowest BCUT2D eigenvalue weighted by molar-refractivity contribution is -0.132. The Hall–Kier alpha value is -2.82. The van der Waals surface area contributed by atoms with E-state index in [2.05, 4.69) is 5.32 Å². The number of hydrogen-bond donors (Lipinski definition) is 1. The first kappa shape index (κ1) is 17.0. The summed E-state index contributed by atoms with van der Waals surface area (Å²) in [5.74, 6) is 0.166. The smallest absolute Gasteiger partial charge is 0.242 e. The van der Waals surface area contributed by atoms with Gasteiger partial charge in [0.2, 0.25) is 11.8 Å². The minimum atomic E-state index is -0.979. The molecule has 0 radical (unpaired) electrons. The van der Waals surface area contributed by atoms with Crippen LogP contribution in [0.15, 0.2) is 54.6 Å². The zero-order chi connectivity index (χ0) is 17.9. The van der Waals surface area contributed by atoms with Gasteiger partial charge in [0.1, 0.15) is 11.2 Å². The Morgan fingerprint density at radius 2 is 1.72 bits per heavy atom. The molecule has 130 valence electrons. The van der Waals surface area contributed by atoms with Crippen molar-refractivity contribution in [1.82, 2.24) is 0 Å². The van der Waals surface area contributed by atoms with E-state index in [9.17, 15) is 9.59 Å². The summed E-state index contributed by atoms with van der Waals surface area (Å²) < 4.78 is 5.27. The minimum absolute atomic E-state index is 0.145. The second kappa shape index (κ2) is 6.97. The van der Waals surface area contributed by atoms with Crippen LogP contribution in [0.4, 0.5) is 11.4 Å². The van der Waals surface area contributed by atoms with Gasteiger partial charge in [0, 0.05) is 12.2 Å². The summed E-state index contributed by atoms with van der Waals surface area (Å²) in [6, 6.07) is 16.7. The van der Waals surface area contributed by atoms with Crippen LogP contribution in [-0.2, 0) is 9.59 Å². The van der Waals surface area contributed by atoms with Gasteiger partial charge in [-0.15, -0.1) is 0 Å². The monoisotopic (exact) mass is 338 g/mol. The van der Waals surface area contributed by atoms with Gasteiger partial charge in [-0.3, -0.25) is 9.59 Å². The fourth-order valence-electron chi connectivity index (χ4n) is 2.96. The average molecular weight is 338 g/mol.